The molecule has 1 N–H and O–H groups in total. The minimum Gasteiger partial charge on any atom is -0.490 e. The van der Waals surface area contributed by atoms with Gasteiger partial charge in [-0.3, -0.25) is 0 Å². The van der Waals surface area contributed by atoms with Gasteiger partial charge in [0.15, 0.2) is 0 Å². The van der Waals surface area contributed by atoms with Crippen LogP contribution in [0.1, 0.15) is 31.2 Å². The average molecular weight is 293 g/mol. The summed E-state index contributed by atoms with van der Waals surface area (Å²) in [6, 6.07) is 18.4. The Morgan fingerprint density at radius 2 is 1.64 bits per heavy atom. The molecule has 2 aliphatic rings. The van der Waals surface area contributed by atoms with Crippen LogP contribution in [0.3, 0.4) is 0 Å². The molecule has 2 aromatic carbocycles. The van der Waals surface area contributed by atoms with Gasteiger partial charge in [0.2, 0.25) is 0 Å². The number of fused-ring (bicyclic) bond motifs is 2. The van der Waals surface area contributed by atoms with E-state index in [1.54, 1.807) is 0 Å². The van der Waals surface area contributed by atoms with E-state index in [4.69, 9.17) is 4.74 Å². The Kier molecular flexibility index (Phi) is 3.63. The monoisotopic (exact) mass is 293 g/mol. The third-order valence-corrected chi connectivity index (χ3v) is 5.02. The molecule has 0 amide bonds. The fourth-order valence-corrected chi connectivity index (χ4v) is 3.82. The molecule has 114 valence electrons. The van der Waals surface area contributed by atoms with E-state index in [-0.39, 0.29) is 0 Å². The maximum Gasteiger partial charge on any atom is 0.123 e. The van der Waals surface area contributed by atoms with Gasteiger partial charge in [-0.1, -0.05) is 42.5 Å². The van der Waals surface area contributed by atoms with Crippen molar-refractivity contribution in [3.8, 4) is 16.9 Å². The van der Waals surface area contributed by atoms with Crippen LogP contribution in [0.5, 0.6) is 5.75 Å². The first-order chi connectivity index (χ1) is 10.8. The van der Waals surface area contributed by atoms with E-state index in [9.17, 15) is 0 Å². The zero-order chi connectivity index (χ0) is 14.9. The second-order valence-electron chi connectivity index (χ2n) is 6.70. The van der Waals surface area contributed by atoms with Crippen molar-refractivity contribution in [1.29, 1.82) is 0 Å². The zero-order valence-electron chi connectivity index (χ0n) is 13.1. The second kappa shape index (κ2) is 5.77. The molecular weight excluding hydrogens is 270 g/mol. The molecule has 2 heterocycles. The second-order valence-corrected chi connectivity index (χ2v) is 6.70. The molecule has 0 saturated carbocycles. The zero-order valence-corrected chi connectivity index (χ0v) is 13.1. The lowest BCUT2D eigenvalue weighted by Gasteiger charge is -2.30. The quantitative estimate of drug-likeness (QED) is 0.909. The first-order valence-electron chi connectivity index (χ1n) is 8.37. The number of ether oxygens (including phenoxy) is 1. The number of rotatable bonds is 3. The highest BCUT2D eigenvalue weighted by molar-refractivity contribution is 5.65. The largest absolute Gasteiger partial charge is 0.490 e. The molecule has 2 heteroatoms. The van der Waals surface area contributed by atoms with Crippen LogP contribution < -0.4 is 10.1 Å². The number of benzene rings is 2. The van der Waals surface area contributed by atoms with Crippen molar-refractivity contribution in [3.05, 3.63) is 54.1 Å². The molecule has 0 aliphatic carbocycles. The van der Waals surface area contributed by atoms with E-state index in [0.29, 0.717) is 18.2 Å². The van der Waals surface area contributed by atoms with Crippen LogP contribution in [-0.2, 0) is 0 Å². The molecule has 0 aromatic heterocycles. The molecule has 0 radical (unpaired) electrons. The standard InChI is InChI=1S/C20H23NO/c1-14-7-8-16(15-5-3-2-4-6-15)11-20(14)22-19-12-17-9-10-18(13-19)21-17/h2-8,11,17-19,21H,9-10,12-13H2,1H3/t17-,18+,19-. The van der Waals surface area contributed by atoms with Gasteiger partial charge in [0.05, 0.1) is 0 Å². The van der Waals surface area contributed by atoms with Gasteiger partial charge < -0.3 is 10.1 Å². The molecule has 2 fully saturated rings. The first kappa shape index (κ1) is 13.8. The summed E-state index contributed by atoms with van der Waals surface area (Å²) in [5.41, 5.74) is 3.71. The van der Waals surface area contributed by atoms with Crippen molar-refractivity contribution in [1.82, 2.24) is 5.32 Å². The van der Waals surface area contributed by atoms with Crippen molar-refractivity contribution in [2.24, 2.45) is 0 Å². The van der Waals surface area contributed by atoms with E-state index >= 15 is 0 Å². The summed E-state index contributed by atoms with van der Waals surface area (Å²) in [4.78, 5) is 0. The average Bonchev–Trinajstić information content (AvgIpc) is 2.89. The van der Waals surface area contributed by atoms with Gasteiger partial charge in [-0.05, 0) is 55.4 Å². The summed E-state index contributed by atoms with van der Waals surface area (Å²) in [5, 5.41) is 3.68. The predicted octanol–water partition coefficient (Wildman–Crippen LogP) is 4.32. The van der Waals surface area contributed by atoms with Crippen LogP contribution in [0, 0.1) is 6.92 Å². The summed E-state index contributed by atoms with van der Waals surface area (Å²) in [7, 11) is 0. The van der Waals surface area contributed by atoms with Gasteiger partial charge in [0.1, 0.15) is 11.9 Å². The van der Waals surface area contributed by atoms with Crippen molar-refractivity contribution >= 4 is 0 Å². The number of nitrogens with one attached hydrogen (secondary N) is 1. The Balaban J connectivity index is 1.56. The highest BCUT2D eigenvalue weighted by Crippen LogP contribution is 2.32. The van der Waals surface area contributed by atoms with Crippen molar-refractivity contribution < 1.29 is 4.74 Å². The summed E-state index contributed by atoms with van der Waals surface area (Å²) < 4.78 is 6.39. The fourth-order valence-electron chi connectivity index (χ4n) is 3.82. The Morgan fingerprint density at radius 3 is 2.36 bits per heavy atom. The van der Waals surface area contributed by atoms with Crippen LogP contribution in [-0.4, -0.2) is 18.2 Å². The molecule has 3 atom stereocenters. The molecule has 22 heavy (non-hydrogen) atoms. The van der Waals surface area contributed by atoms with Crippen molar-refractivity contribution in [3.63, 3.8) is 0 Å². The Labute approximate surface area is 132 Å². The molecule has 2 saturated heterocycles. The number of aryl methyl sites for hydroxylation is 1. The third-order valence-electron chi connectivity index (χ3n) is 5.02. The molecule has 0 unspecified atom stereocenters. The van der Waals surface area contributed by atoms with E-state index in [0.717, 1.165) is 18.6 Å². The Morgan fingerprint density at radius 1 is 0.909 bits per heavy atom. The van der Waals surface area contributed by atoms with Crippen LogP contribution in [0.25, 0.3) is 11.1 Å². The van der Waals surface area contributed by atoms with Crippen LogP contribution in [0.4, 0.5) is 0 Å². The highest BCUT2D eigenvalue weighted by atomic mass is 16.5. The topological polar surface area (TPSA) is 21.3 Å². The van der Waals surface area contributed by atoms with E-state index in [1.807, 2.05) is 0 Å². The normalized spacial score (nSPS) is 26.9. The summed E-state index contributed by atoms with van der Waals surface area (Å²) >= 11 is 0. The lowest BCUT2D eigenvalue weighted by molar-refractivity contribution is 0.136. The first-order valence-corrected chi connectivity index (χ1v) is 8.37. The summed E-state index contributed by atoms with van der Waals surface area (Å²) in [6.07, 6.45) is 5.28. The number of hydrogen-bond donors (Lipinski definition) is 1. The van der Waals surface area contributed by atoms with Crippen LogP contribution in [0.15, 0.2) is 48.5 Å². The van der Waals surface area contributed by atoms with Crippen molar-refractivity contribution in [2.45, 2.75) is 50.8 Å². The van der Waals surface area contributed by atoms with Crippen LogP contribution in [0.2, 0.25) is 0 Å². The predicted molar refractivity (Wildman–Crippen MR) is 90.2 cm³/mol. The Hall–Kier alpha value is -1.80. The van der Waals surface area contributed by atoms with Gasteiger partial charge in [0, 0.05) is 12.1 Å². The minimum absolute atomic E-state index is 0.364. The van der Waals surface area contributed by atoms with Crippen molar-refractivity contribution in [2.75, 3.05) is 0 Å². The smallest absolute Gasteiger partial charge is 0.123 e. The maximum atomic E-state index is 6.39. The summed E-state index contributed by atoms with van der Waals surface area (Å²) in [6.45, 7) is 2.14. The molecule has 2 bridgehead atoms. The Bertz CT molecular complexity index is 640. The van der Waals surface area contributed by atoms with Gasteiger partial charge >= 0.3 is 0 Å². The molecule has 0 spiro atoms. The van der Waals surface area contributed by atoms with E-state index in [1.165, 1.54) is 29.5 Å². The highest BCUT2D eigenvalue weighted by Gasteiger charge is 2.34. The summed E-state index contributed by atoms with van der Waals surface area (Å²) in [5.74, 6) is 1.05. The molecule has 2 aliphatic heterocycles. The molecule has 2 aromatic rings. The van der Waals surface area contributed by atoms with Gasteiger partial charge in [-0.2, -0.15) is 0 Å². The van der Waals surface area contributed by atoms with Gasteiger partial charge in [-0.25, -0.2) is 0 Å². The molecule has 4 rings (SSSR count). The lowest BCUT2D eigenvalue weighted by atomic mass is 10.0. The maximum absolute atomic E-state index is 6.39. The molecular formula is C20H23NO. The fraction of sp³-hybridized carbons (Fsp3) is 0.400. The van der Waals surface area contributed by atoms with Gasteiger partial charge in [0.25, 0.3) is 0 Å². The van der Waals surface area contributed by atoms with E-state index < -0.39 is 0 Å². The lowest BCUT2D eigenvalue weighted by Crippen LogP contribution is -2.42. The third kappa shape index (κ3) is 2.76. The van der Waals surface area contributed by atoms with Gasteiger partial charge in [-0.15, -0.1) is 0 Å². The molecule has 2 nitrogen and oxygen atoms in total. The van der Waals surface area contributed by atoms with E-state index in [2.05, 4.69) is 60.8 Å². The number of hydrogen-bond acceptors (Lipinski definition) is 2. The SMILES string of the molecule is Cc1ccc(-c2ccccc2)cc1O[C@@H]1C[C@H]2CC[C@@H](C1)N2. The minimum atomic E-state index is 0.364. The van der Waals surface area contributed by atoms with Crippen LogP contribution >= 0.6 is 0 Å². The number of piperidine rings is 1.